The average Bonchev–Trinajstić information content (AvgIpc) is 3.47. The minimum absolute atomic E-state index is 0.00604. The number of nitrogens with zero attached hydrogens (tertiary/aromatic N) is 3. The molecule has 0 aromatic carbocycles. The molecule has 0 spiro atoms. The second-order valence-electron chi connectivity index (χ2n) is 7.50. The highest BCUT2D eigenvalue weighted by Crippen LogP contribution is 2.40. The molecule has 2 amide bonds. The zero-order chi connectivity index (χ0) is 17.4. The van der Waals surface area contributed by atoms with Crippen LogP contribution >= 0.6 is 0 Å². The van der Waals surface area contributed by atoms with Gasteiger partial charge < -0.3 is 14.5 Å². The van der Waals surface area contributed by atoms with Crippen molar-refractivity contribution in [2.24, 2.45) is 5.92 Å². The molecule has 4 rings (SSSR count). The van der Waals surface area contributed by atoms with Crippen molar-refractivity contribution in [3.63, 3.8) is 0 Å². The summed E-state index contributed by atoms with van der Waals surface area (Å²) >= 11 is 0. The van der Waals surface area contributed by atoms with Crippen LogP contribution in [0.5, 0.6) is 0 Å². The van der Waals surface area contributed by atoms with E-state index in [0.717, 1.165) is 44.3 Å². The van der Waals surface area contributed by atoms with Crippen LogP contribution in [-0.2, 0) is 14.3 Å². The Morgan fingerprint density at radius 1 is 1.24 bits per heavy atom. The van der Waals surface area contributed by atoms with Crippen molar-refractivity contribution >= 4 is 11.8 Å². The predicted octanol–water partition coefficient (Wildman–Crippen LogP) is 1.77. The molecule has 25 heavy (non-hydrogen) atoms. The largest absolute Gasteiger partial charge is 0.356 e. The van der Waals surface area contributed by atoms with E-state index in [0.29, 0.717) is 5.92 Å². The first-order valence-corrected chi connectivity index (χ1v) is 9.26. The molecule has 1 aliphatic carbocycles. The highest BCUT2D eigenvalue weighted by molar-refractivity contribution is 5.87. The molecule has 2 saturated heterocycles. The molecule has 2 aliphatic heterocycles. The van der Waals surface area contributed by atoms with Gasteiger partial charge in [0.2, 0.25) is 5.91 Å². The Balaban J connectivity index is 1.62. The van der Waals surface area contributed by atoms with E-state index in [4.69, 9.17) is 4.74 Å². The van der Waals surface area contributed by atoms with Crippen LogP contribution in [0.15, 0.2) is 24.5 Å². The zero-order valence-electron chi connectivity index (χ0n) is 14.6. The van der Waals surface area contributed by atoms with Crippen LogP contribution in [0.4, 0.5) is 0 Å². The van der Waals surface area contributed by atoms with Crippen molar-refractivity contribution in [2.75, 3.05) is 19.7 Å². The average molecular weight is 343 g/mol. The van der Waals surface area contributed by atoms with Gasteiger partial charge in [0.15, 0.2) is 6.10 Å². The number of ether oxygens (including phenoxy) is 1. The lowest BCUT2D eigenvalue weighted by Crippen LogP contribution is -2.56. The lowest BCUT2D eigenvalue weighted by Gasteiger charge is -2.43. The van der Waals surface area contributed by atoms with Crippen molar-refractivity contribution < 1.29 is 14.3 Å². The van der Waals surface area contributed by atoms with Crippen molar-refractivity contribution in [2.45, 2.75) is 50.8 Å². The molecular formula is C19H25N3O3. The second-order valence-corrected chi connectivity index (χ2v) is 7.50. The van der Waals surface area contributed by atoms with E-state index in [-0.39, 0.29) is 30.5 Å². The topological polar surface area (TPSA) is 62.7 Å². The molecule has 6 heteroatoms. The molecule has 0 radical (unpaired) electrons. The molecule has 3 heterocycles. The van der Waals surface area contributed by atoms with Gasteiger partial charge in [-0.2, -0.15) is 0 Å². The van der Waals surface area contributed by atoms with Gasteiger partial charge in [0.05, 0.1) is 6.04 Å². The molecule has 3 fully saturated rings. The fourth-order valence-electron chi connectivity index (χ4n) is 3.91. The lowest BCUT2D eigenvalue weighted by atomic mass is 9.95. The summed E-state index contributed by atoms with van der Waals surface area (Å²) in [4.78, 5) is 33.7. The smallest absolute Gasteiger partial charge is 0.254 e. The van der Waals surface area contributed by atoms with Gasteiger partial charge in [-0.1, -0.05) is 13.0 Å². The number of amides is 2. The Morgan fingerprint density at radius 3 is 2.64 bits per heavy atom. The number of hydrogen-bond donors (Lipinski definition) is 0. The van der Waals surface area contributed by atoms with E-state index in [9.17, 15) is 9.59 Å². The van der Waals surface area contributed by atoms with Crippen LogP contribution in [0.1, 0.15) is 44.2 Å². The minimum Gasteiger partial charge on any atom is -0.356 e. The number of piperidine rings is 1. The van der Waals surface area contributed by atoms with Gasteiger partial charge >= 0.3 is 0 Å². The number of aromatic nitrogens is 1. The summed E-state index contributed by atoms with van der Waals surface area (Å²) in [5.41, 5.74) is 0.881. The summed E-state index contributed by atoms with van der Waals surface area (Å²) in [6, 6.07) is 3.66. The first kappa shape index (κ1) is 16.5. The van der Waals surface area contributed by atoms with E-state index in [1.807, 2.05) is 21.9 Å². The van der Waals surface area contributed by atoms with Crippen molar-refractivity contribution in [1.82, 2.24) is 14.8 Å². The standard InChI is InChI=1S/C19H25N3O3/c1-13-6-9-21(10-7-13)19(24)18-17(14-3-2-8-20-11-14)22(15-4-5-15)16(23)12-25-18/h2-3,8,11,13,15,17-18H,4-7,9-10,12H2,1H3/t17-,18+/m1/s1. The SMILES string of the molecule is CC1CCN(C(=O)[C@H]2OCC(=O)N(C3CC3)[C@@H]2c2cccnc2)CC1. The molecule has 2 atom stereocenters. The number of likely N-dealkylation sites (tertiary alicyclic amines) is 1. The van der Waals surface area contributed by atoms with Gasteiger partial charge in [-0.3, -0.25) is 14.6 Å². The van der Waals surface area contributed by atoms with Crippen LogP contribution in [-0.4, -0.2) is 58.4 Å². The molecule has 1 aromatic rings. The van der Waals surface area contributed by atoms with E-state index in [2.05, 4.69) is 11.9 Å². The van der Waals surface area contributed by atoms with E-state index >= 15 is 0 Å². The number of rotatable bonds is 3. The zero-order valence-corrected chi connectivity index (χ0v) is 14.6. The highest BCUT2D eigenvalue weighted by atomic mass is 16.5. The normalized spacial score (nSPS) is 28.3. The maximum atomic E-state index is 13.2. The number of hydrogen-bond acceptors (Lipinski definition) is 4. The molecule has 1 aromatic heterocycles. The number of pyridine rings is 1. The maximum absolute atomic E-state index is 13.2. The Morgan fingerprint density at radius 2 is 2.00 bits per heavy atom. The molecule has 134 valence electrons. The Bertz CT molecular complexity index is 639. The first-order valence-electron chi connectivity index (χ1n) is 9.26. The fourth-order valence-corrected chi connectivity index (χ4v) is 3.91. The van der Waals surface area contributed by atoms with Gasteiger partial charge in [-0.25, -0.2) is 0 Å². The van der Waals surface area contributed by atoms with E-state index in [1.54, 1.807) is 12.4 Å². The Labute approximate surface area is 148 Å². The molecule has 0 bridgehead atoms. The monoisotopic (exact) mass is 343 g/mol. The molecule has 0 N–H and O–H groups in total. The van der Waals surface area contributed by atoms with Crippen molar-refractivity contribution in [3.8, 4) is 0 Å². The van der Waals surface area contributed by atoms with E-state index < -0.39 is 6.10 Å². The summed E-state index contributed by atoms with van der Waals surface area (Å²) < 4.78 is 5.80. The highest BCUT2D eigenvalue weighted by Gasteiger charge is 2.48. The summed E-state index contributed by atoms with van der Waals surface area (Å²) in [6.45, 7) is 3.77. The number of morpholine rings is 1. The molecule has 0 unspecified atom stereocenters. The van der Waals surface area contributed by atoms with Gasteiger partial charge in [0.25, 0.3) is 5.91 Å². The van der Waals surface area contributed by atoms with Gasteiger partial charge in [-0.05, 0) is 43.2 Å². The van der Waals surface area contributed by atoms with Crippen LogP contribution in [0.25, 0.3) is 0 Å². The summed E-state index contributed by atoms with van der Waals surface area (Å²) in [7, 11) is 0. The Hall–Kier alpha value is -1.95. The first-order chi connectivity index (χ1) is 12.1. The maximum Gasteiger partial charge on any atom is 0.254 e. The number of carbonyl (C=O) groups is 2. The quantitative estimate of drug-likeness (QED) is 0.839. The van der Waals surface area contributed by atoms with Crippen LogP contribution < -0.4 is 0 Å². The Kier molecular flexibility index (Phi) is 4.46. The van der Waals surface area contributed by atoms with Crippen LogP contribution in [0.3, 0.4) is 0 Å². The van der Waals surface area contributed by atoms with Crippen molar-refractivity contribution in [1.29, 1.82) is 0 Å². The van der Waals surface area contributed by atoms with Gasteiger partial charge in [0.1, 0.15) is 6.61 Å². The third-order valence-electron chi connectivity index (χ3n) is 5.57. The van der Waals surface area contributed by atoms with Gasteiger partial charge in [-0.15, -0.1) is 0 Å². The molecule has 3 aliphatic rings. The molecule has 6 nitrogen and oxygen atoms in total. The van der Waals surface area contributed by atoms with Crippen LogP contribution in [0.2, 0.25) is 0 Å². The van der Waals surface area contributed by atoms with Gasteiger partial charge in [0, 0.05) is 31.5 Å². The molecule has 1 saturated carbocycles. The predicted molar refractivity (Wildman–Crippen MR) is 91.6 cm³/mol. The lowest BCUT2D eigenvalue weighted by molar-refractivity contribution is -0.171. The van der Waals surface area contributed by atoms with Crippen LogP contribution in [0, 0.1) is 5.92 Å². The third-order valence-corrected chi connectivity index (χ3v) is 5.57. The summed E-state index contributed by atoms with van der Waals surface area (Å²) in [6.07, 6.45) is 6.90. The summed E-state index contributed by atoms with van der Waals surface area (Å²) in [5, 5.41) is 0. The van der Waals surface area contributed by atoms with Crippen molar-refractivity contribution in [3.05, 3.63) is 30.1 Å². The molecular weight excluding hydrogens is 318 g/mol. The van der Waals surface area contributed by atoms with E-state index in [1.165, 1.54) is 0 Å². The number of carbonyl (C=O) groups excluding carboxylic acids is 2. The third kappa shape index (κ3) is 3.27. The fraction of sp³-hybridized carbons (Fsp3) is 0.632. The second kappa shape index (κ2) is 6.75. The summed E-state index contributed by atoms with van der Waals surface area (Å²) in [5.74, 6) is 0.654. The minimum atomic E-state index is -0.629.